The minimum atomic E-state index is -0.530. The summed E-state index contributed by atoms with van der Waals surface area (Å²) < 4.78 is 17.5. The Kier molecular flexibility index (Phi) is 56.8. The summed E-state index contributed by atoms with van der Waals surface area (Å²) in [6, 6.07) is 0. The molecule has 0 bridgehead atoms. The molecule has 392 valence electrons. The van der Waals surface area contributed by atoms with Crippen LogP contribution in [0.4, 0.5) is 0 Å². The van der Waals surface area contributed by atoms with E-state index in [1.165, 1.54) is 276 Å². The lowest BCUT2D eigenvalue weighted by atomic mass is 10.0. The molecule has 0 aliphatic carbocycles. The highest BCUT2D eigenvalue weighted by molar-refractivity contribution is 5.70. The maximum Gasteiger partial charge on any atom is 0.306 e. The van der Waals surface area contributed by atoms with Crippen molar-refractivity contribution in [1.29, 1.82) is 0 Å². The average molecular weight is 932 g/mol. The normalized spacial score (nSPS) is 12.1. The van der Waals surface area contributed by atoms with Crippen LogP contribution in [-0.4, -0.2) is 37.9 Å². The lowest BCUT2D eigenvalue weighted by molar-refractivity contribution is -0.163. The first-order chi connectivity index (χ1) is 32.6. The number of carbonyl (C=O) groups is 2. The molecule has 0 N–H and O–H groups in total. The van der Waals surface area contributed by atoms with E-state index in [2.05, 4.69) is 32.9 Å². The van der Waals surface area contributed by atoms with Gasteiger partial charge in [0.25, 0.3) is 0 Å². The van der Waals surface area contributed by atoms with Crippen LogP contribution in [-0.2, 0) is 23.8 Å². The Morgan fingerprint density at radius 3 is 0.924 bits per heavy atom. The lowest BCUT2D eigenvalue weighted by Crippen LogP contribution is -2.30. The van der Waals surface area contributed by atoms with E-state index in [1.54, 1.807) is 0 Å². The van der Waals surface area contributed by atoms with Gasteiger partial charge in [0.05, 0.1) is 6.61 Å². The predicted octanol–water partition coefficient (Wildman–Crippen LogP) is 20.6. The van der Waals surface area contributed by atoms with E-state index in [0.717, 1.165) is 32.1 Å². The molecular formula is C61H118O5. The van der Waals surface area contributed by atoms with Crippen LogP contribution in [0.25, 0.3) is 0 Å². The van der Waals surface area contributed by atoms with Crippen LogP contribution in [0, 0.1) is 0 Å². The van der Waals surface area contributed by atoms with Crippen molar-refractivity contribution in [3.8, 4) is 0 Å². The molecule has 5 nitrogen and oxygen atoms in total. The second kappa shape index (κ2) is 58.0. The van der Waals surface area contributed by atoms with E-state index in [-0.39, 0.29) is 18.5 Å². The second-order valence-electron chi connectivity index (χ2n) is 20.6. The van der Waals surface area contributed by atoms with Crippen molar-refractivity contribution < 1.29 is 23.8 Å². The summed E-state index contributed by atoms with van der Waals surface area (Å²) >= 11 is 0. The molecule has 0 aromatic rings. The first kappa shape index (κ1) is 64.6. The van der Waals surface area contributed by atoms with Gasteiger partial charge in [-0.1, -0.05) is 296 Å². The van der Waals surface area contributed by atoms with Crippen molar-refractivity contribution in [2.75, 3.05) is 19.8 Å². The third kappa shape index (κ3) is 55.2. The fourth-order valence-corrected chi connectivity index (χ4v) is 9.27. The van der Waals surface area contributed by atoms with Gasteiger partial charge in [-0.2, -0.15) is 0 Å². The zero-order valence-corrected chi connectivity index (χ0v) is 45.2. The Hall–Kier alpha value is -1.36. The van der Waals surface area contributed by atoms with Crippen LogP contribution in [0.3, 0.4) is 0 Å². The standard InChI is InChI=1S/C61H118O5/c1-4-7-10-13-16-19-22-25-28-31-33-36-39-42-45-48-51-54-60(62)65-58-59(57-64-56-53-50-47-44-41-38-35-30-27-24-21-18-15-12-9-6-3)66-61(63)55-52-49-46-43-40-37-34-32-29-26-23-20-17-14-11-8-5-2/h26,29,59H,4-25,27-28,30-58H2,1-3H3/b29-26-/t59-/m1/s1. The van der Waals surface area contributed by atoms with Gasteiger partial charge in [0.1, 0.15) is 6.61 Å². The van der Waals surface area contributed by atoms with Crippen molar-refractivity contribution in [2.24, 2.45) is 0 Å². The minimum Gasteiger partial charge on any atom is -0.462 e. The SMILES string of the molecule is CCCCCCCC/C=C\CCCCCCCCCC(=O)O[C@H](COCCCCCCCCCCCCCCCCCC)COC(=O)CCCCCCCCCCCCCCCCCCC. The minimum absolute atomic E-state index is 0.0940. The molecule has 0 aromatic carbocycles. The molecule has 0 heterocycles. The van der Waals surface area contributed by atoms with Crippen molar-refractivity contribution >= 4 is 11.9 Å². The summed E-state index contributed by atoms with van der Waals surface area (Å²) in [5.41, 5.74) is 0. The van der Waals surface area contributed by atoms with E-state index in [4.69, 9.17) is 14.2 Å². The van der Waals surface area contributed by atoms with E-state index in [0.29, 0.717) is 26.1 Å². The fourth-order valence-electron chi connectivity index (χ4n) is 9.27. The highest BCUT2D eigenvalue weighted by atomic mass is 16.6. The lowest BCUT2D eigenvalue weighted by Gasteiger charge is -2.18. The first-order valence-electron chi connectivity index (χ1n) is 30.2. The van der Waals surface area contributed by atoms with Gasteiger partial charge in [0.2, 0.25) is 0 Å². The largest absolute Gasteiger partial charge is 0.462 e. The topological polar surface area (TPSA) is 61.8 Å². The molecule has 0 fully saturated rings. The van der Waals surface area contributed by atoms with Crippen molar-refractivity contribution in [2.45, 2.75) is 348 Å². The molecule has 1 atom stereocenters. The molecular weight excluding hydrogens is 813 g/mol. The Morgan fingerprint density at radius 1 is 0.318 bits per heavy atom. The van der Waals surface area contributed by atoms with Gasteiger partial charge in [-0.15, -0.1) is 0 Å². The number of carbonyl (C=O) groups excluding carboxylic acids is 2. The van der Waals surface area contributed by atoms with Gasteiger partial charge in [-0.25, -0.2) is 0 Å². The van der Waals surface area contributed by atoms with Gasteiger partial charge in [-0.05, 0) is 44.9 Å². The maximum absolute atomic E-state index is 12.9. The van der Waals surface area contributed by atoms with Crippen LogP contribution in [0.5, 0.6) is 0 Å². The first-order valence-corrected chi connectivity index (χ1v) is 30.2. The number of allylic oxidation sites excluding steroid dienone is 2. The maximum atomic E-state index is 12.9. The van der Waals surface area contributed by atoms with Crippen LogP contribution in [0.2, 0.25) is 0 Å². The highest BCUT2D eigenvalue weighted by Gasteiger charge is 2.18. The number of esters is 2. The fraction of sp³-hybridized carbons (Fsp3) is 0.934. The van der Waals surface area contributed by atoms with Gasteiger partial charge < -0.3 is 14.2 Å². The van der Waals surface area contributed by atoms with E-state index < -0.39 is 6.10 Å². The van der Waals surface area contributed by atoms with E-state index >= 15 is 0 Å². The predicted molar refractivity (Wildman–Crippen MR) is 289 cm³/mol. The smallest absolute Gasteiger partial charge is 0.306 e. The summed E-state index contributed by atoms with van der Waals surface area (Å²) in [4.78, 5) is 25.5. The zero-order valence-electron chi connectivity index (χ0n) is 45.2. The molecule has 0 saturated carbocycles. The Balaban J connectivity index is 4.21. The summed E-state index contributed by atoms with van der Waals surface area (Å²) in [5.74, 6) is -0.373. The number of hydrogen-bond donors (Lipinski definition) is 0. The molecule has 0 aromatic heterocycles. The highest BCUT2D eigenvalue weighted by Crippen LogP contribution is 2.17. The van der Waals surface area contributed by atoms with E-state index in [9.17, 15) is 9.59 Å². The van der Waals surface area contributed by atoms with Gasteiger partial charge >= 0.3 is 11.9 Å². The molecule has 0 amide bonds. The molecule has 0 saturated heterocycles. The summed E-state index contributed by atoms with van der Waals surface area (Å²) in [5, 5.41) is 0. The molecule has 0 unspecified atom stereocenters. The number of hydrogen-bond acceptors (Lipinski definition) is 5. The van der Waals surface area contributed by atoms with Crippen LogP contribution in [0.1, 0.15) is 342 Å². The average Bonchev–Trinajstić information content (AvgIpc) is 3.32. The number of ether oxygens (including phenoxy) is 3. The van der Waals surface area contributed by atoms with Gasteiger partial charge in [-0.3, -0.25) is 9.59 Å². The summed E-state index contributed by atoms with van der Waals surface area (Å²) in [6.45, 7) is 7.91. The van der Waals surface area contributed by atoms with Crippen molar-refractivity contribution in [3.05, 3.63) is 12.2 Å². The van der Waals surface area contributed by atoms with Crippen molar-refractivity contribution in [1.82, 2.24) is 0 Å². The number of rotatable bonds is 57. The monoisotopic (exact) mass is 931 g/mol. The van der Waals surface area contributed by atoms with Crippen LogP contribution in [0.15, 0.2) is 12.2 Å². The molecule has 0 radical (unpaired) electrons. The third-order valence-corrected chi connectivity index (χ3v) is 13.8. The van der Waals surface area contributed by atoms with E-state index in [1.807, 2.05) is 0 Å². The third-order valence-electron chi connectivity index (χ3n) is 13.8. The number of unbranched alkanes of at least 4 members (excludes halogenated alkanes) is 44. The molecule has 0 aliphatic rings. The summed E-state index contributed by atoms with van der Waals surface area (Å²) in [7, 11) is 0. The van der Waals surface area contributed by atoms with Crippen molar-refractivity contribution in [3.63, 3.8) is 0 Å². The molecule has 0 rings (SSSR count). The molecule has 0 spiro atoms. The quantitative estimate of drug-likeness (QED) is 0.0345. The molecule has 0 aliphatic heterocycles. The Bertz CT molecular complexity index is 963. The van der Waals surface area contributed by atoms with Gasteiger partial charge in [0, 0.05) is 19.4 Å². The zero-order chi connectivity index (χ0) is 47.7. The summed E-state index contributed by atoms with van der Waals surface area (Å²) in [6.07, 6.45) is 68.1. The van der Waals surface area contributed by atoms with Crippen LogP contribution >= 0.6 is 0 Å². The molecule has 5 heteroatoms. The second-order valence-corrected chi connectivity index (χ2v) is 20.6. The Labute approximate surface area is 414 Å². The van der Waals surface area contributed by atoms with Gasteiger partial charge in [0.15, 0.2) is 6.10 Å². The van der Waals surface area contributed by atoms with Crippen LogP contribution < -0.4 is 0 Å². The molecule has 66 heavy (non-hydrogen) atoms. The Morgan fingerprint density at radius 2 is 0.591 bits per heavy atom.